The van der Waals surface area contributed by atoms with Gasteiger partial charge in [-0.2, -0.15) is 0 Å². The molecule has 23 heavy (non-hydrogen) atoms. The van der Waals surface area contributed by atoms with Gasteiger partial charge in [0.15, 0.2) is 0 Å². The highest BCUT2D eigenvalue weighted by atomic mass is 16.5. The number of ether oxygens (including phenoxy) is 2. The number of amides is 1. The van der Waals surface area contributed by atoms with Crippen LogP contribution in [0.25, 0.3) is 0 Å². The SMILES string of the molecule is C[C@@H]1CN(C(=O)[C@@H]2COc3ccccc32)C[C@@H]1N1CCOCC1. The van der Waals surface area contributed by atoms with E-state index in [0.717, 1.165) is 50.7 Å². The van der Waals surface area contributed by atoms with E-state index < -0.39 is 0 Å². The summed E-state index contributed by atoms with van der Waals surface area (Å²) in [6.07, 6.45) is 0. The van der Waals surface area contributed by atoms with Crippen LogP contribution >= 0.6 is 0 Å². The number of nitrogens with zero attached hydrogens (tertiary/aromatic N) is 2. The van der Waals surface area contributed by atoms with Crippen molar-refractivity contribution in [3.05, 3.63) is 29.8 Å². The lowest BCUT2D eigenvalue weighted by molar-refractivity contribution is -0.132. The summed E-state index contributed by atoms with van der Waals surface area (Å²) in [5, 5.41) is 0. The first-order chi connectivity index (χ1) is 11.2. The van der Waals surface area contributed by atoms with Gasteiger partial charge in [0, 0.05) is 37.8 Å². The van der Waals surface area contributed by atoms with Gasteiger partial charge < -0.3 is 14.4 Å². The highest BCUT2D eigenvalue weighted by Crippen LogP contribution is 2.36. The minimum absolute atomic E-state index is 0.137. The Morgan fingerprint density at radius 3 is 2.78 bits per heavy atom. The number of para-hydroxylation sites is 1. The third-order valence-corrected chi connectivity index (χ3v) is 5.40. The summed E-state index contributed by atoms with van der Waals surface area (Å²) in [6.45, 7) is 7.98. The van der Waals surface area contributed by atoms with E-state index in [1.54, 1.807) is 0 Å². The van der Waals surface area contributed by atoms with E-state index in [1.807, 2.05) is 29.2 Å². The van der Waals surface area contributed by atoms with Crippen LogP contribution in [0.2, 0.25) is 0 Å². The van der Waals surface area contributed by atoms with Gasteiger partial charge in [0.05, 0.1) is 13.2 Å². The number of rotatable bonds is 2. The molecule has 5 nitrogen and oxygen atoms in total. The summed E-state index contributed by atoms with van der Waals surface area (Å²) in [4.78, 5) is 17.5. The van der Waals surface area contributed by atoms with Crippen molar-refractivity contribution in [3.8, 4) is 5.75 Å². The van der Waals surface area contributed by atoms with Crippen molar-refractivity contribution in [2.45, 2.75) is 18.9 Å². The maximum Gasteiger partial charge on any atom is 0.233 e. The van der Waals surface area contributed by atoms with E-state index in [-0.39, 0.29) is 11.8 Å². The minimum atomic E-state index is -0.137. The molecule has 3 heterocycles. The second kappa shape index (κ2) is 6.13. The van der Waals surface area contributed by atoms with Crippen LogP contribution in [-0.2, 0) is 9.53 Å². The number of carbonyl (C=O) groups excluding carboxylic acids is 1. The van der Waals surface area contributed by atoms with E-state index in [9.17, 15) is 4.79 Å². The quantitative estimate of drug-likeness (QED) is 0.826. The molecule has 0 aromatic heterocycles. The van der Waals surface area contributed by atoms with Gasteiger partial charge >= 0.3 is 0 Å². The number of morpholine rings is 1. The average molecular weight is 316 g/mol. The van der Waals surface area contributed by atoms with Gasteiger partial charge in [0.1, 0.15) is 18.3 Å². The largest absolute Gasteiger partial charge is 0.492 e. The zero-order chi connectivity index (χ0) is 15.8. The van der Waals surface area contributed by atoms with Crippen molar-refractivity contribution in [1.29, 1.82) is 0 Å². The molecule has 5 heteroatoms. The Kier molecular flexibility index (Phi) is 3.99. The summed E-state index contributed by atoms with van der Waals surface area (Å²) >= 11 is 0. The van der Waals surface area contributed by atoms with Crippen molar-refractivity contribution in [2.75, 3.05) is 46.0 Å². The predicted molar refractivity (Wildman–Crippen MR) is 86.6 cm³/mol. The summed E-state index contributed by atoms with van der Waals surface area (Å²) in [6, 6.07) is 8.37. The van der Waals surface area contributed by atoms with Crippen LogP contribution in [0.15, 0.2) is 24.3 Å². The summed E-state index contributed by atoms with van der Waals surface area (Å²) in [5.41, 5.74) is 1.04. The molecule has 4 rings (SSSR count). The van der Waals surface area contributed by atoms with Crippen molar-refractivity contribution >= 4 is 5.91 Å². The van der Waals surface area contributed by atoms with E-state index >= 15 is 0 Å². The first-order valence-electron chi connectivity index (χ1n) is 8.56. The maximum absolute atomic E-state index is 13.0. The predicted octanol–water partition coefficient (Wildman–Crippen LogP) is 1.34. The summed E-state index contributed by atoms with van der Waals surface area (Å²) < 4.78 is 11.1. The molecule has 1 aromatic rings. The zero-order valence-corrected chi connectivity index (χ0v) is 13.6. The monoisotopic (exact) mass is 316 g/mol. The van der Waals surface area contributed by atoms with Crippen molar-refractivity contribution in [2.24, 2.45) is 5.92 Å². The van der Waals surface area contributed by atoms with Crippen LogP contribution in [0.3, 0.4) is 0 Å². The Morgan fingerprint density at radius 2 is 1.96 bits per heavy atom. The molecule has 2 fully saturated rings. The number of fused-ring (bicyclic) bond motifs is 1. The first-order valence-corrected chi connectivity index (χ1v) is 8.56. The molecule has 0 unspecified atom stereocenters. The topological polar surface area (TPSA) is 42.0 Å². The fourth-order valence-electron chi connectivity index (χ4n) is 4.10. The van der Waals surface area contributed by atoms with Gasteiger partial charge in [-0.15, -0.1) is 0 Å². The zero-order valence-electron chi connectivity index (χ0n) is 13.6. The summed E-state index contributed by atoms with van der Waals surface area (Å²) in [5.74, 6) is 1.46. The van der Waals surface area contributed by atoms with Crippen LogP contribution in [-0.4, -0.2) is 67.7 Å². The third-order valence-electron chi connectivity index (χ3n) is 5.40. The number of benzene rings is 1. The Bertz CT molecular complexity index is 585. The standard InChI is InChI=1S/C18H24N2O3/c1-13-10-20(11-16(13)19-6-8-22-9-7-19)18(21)15-12-23-17-5-3-2-4-14(15)17/h2-5,13,15-16H,6-12H2,1H3/t13-,15-,16+/m1/s1. The highest BCUT2D eigenvalue weighted by molar-refractivity contribution is 5.86. The molecule has 0 N–H and O–H groups in total. The molecule has 0 bridgehead atoms. The number of hydrogen-bond donors (Lipinski definition) is 0. The van der Waals surface area contributed by atoms with Crippen LogP contribution in [0.4, 0.5) is 0 Å². The molecule has 3 atom stereocenters. The lowest BCUT2D eigenvalue weighted by atomic mass is 10.00. The molecule has 0 aliphatic carbocycles. The molecule has 0 saturated carbocycles. The molecule has 2 saturated heterocycles. The highest BCUT2D eigenvalue weighted by Gasteiger charge is 2.40. The fraction of sp³-hybridized carbons (Fsp3) is 0.611. The van der Waals surface area contributed by atoms with E-state index in [0.29, 0.717) is 18.6 Å². The third kappa shape index (κ3) is 2.72. The second-order valence-electron chi connectivity index (χ2n) is 6.84. The molecule has 1 amide bonds. The number of hydrogen-bond acceptors (Lipinski definition) is 4. The molecule has 3 aliphatic heterocycles. The van der Waals surface area contributed by atoms with Gasteiger partial charge in [-0.3, -0.25) is 9.69 Å². The van der Waals surface area contributed by atoms with Gasteiger partial charge in [0.25, 0.3) is 0 Å². The molecular formula is C18H24N2O3. The van der Waals surface area contributed by atoms with Crippen LogP contribution in [0.1, 0.15) is 18.4 Å². The Labute approximate surface area is 137 Å². The number of likely N-dealkylation sites (tertiary alicyclic amines) is 1. The van der Waals surface area contributed by atoms with E-state index in [2.05, 4.69) is 11.8 Å². The normalized spacial score (nSPS) is 31.0. The van der Waals surface area contributed by atoms with Crippen LogP contribution < -0.4 is 4.74 Å². The smallest absolute Gasteiger partial charge is 0.233 e. The lowest BCUT2D eigenvalue weighted by Gasteiger charge is -2.34. The molecule has 3 aliphatic rings. The molecule has 0 radical (unpaired) electrons. The maximum atomic E-state index is 13.0. The Balaban J connectivity index is 1.46. The van der Waals surface area contributed by atoms with Gasteiger partial charge in [-0.1, -0.05) is 25.1 Å². The van der Waals surface area contributed by atoms with Crippen molar-refractivity contribution < 1.29 is 14.3 Å². The van der Waals surface area contributed by atoms with Crippen molar-refractivity contribution in [1.82, 2.24) is 9.80 Å². The van der Waals surface area contributed by atoms with E-state index in [1.165, 1.54) is 0 Å². The Hall–Kier alpha value is -1.59. The van der Waals surface area contributed by atoms with Gasteiger partial charge in [-0.25, -0.2) is 0 Å². The van der Waals surface area contributed by atoms with Crippen molar-refractivity contribution in [3.63, 3.8) is 0 Å². The second-order valence-corrected chi connectivity index (χ2v) is 6.84. The Morgan fingerprint density at radius 1 is 1.17 bits per heavy atom. The lowest BCUT2D eigenvalue weighted by Crippen LogP contribution is -2.47. The average Bonchev–Trinajstić information content (AvgIpc) is 3.19. The molecule has 0 spiro atoms. The molecule has 1 aromatic carbocycles. The van der Waals surface area contributed by atoms with Crippen LogP contribution in [0, 0.1) is 5.92 Å². The number of carbonyl (C=O) groups is 1. The van der Waals surface area contributed by atoms with E-state index in [4.69, 9.17) is 9.47 Å². The van der Waals surface area contributed by atoms with Gasteiger partial charge in [-0.05, 0) is 12.0 Å². The van der Waals surface area contributed by atoms with Gasteiger partial charge in [0.2, 0.25) is 5.91 Å². The molecular weight excluding hydrogens is 292 g/mol. The minimum Gasteiger partial charge on any atom is -0.492 e. The first kappa shape index (κ1) is 15.0. The summed E-state index contributed by atoms with van der Waals surface area (Å²) in [7, 11) is 0. The molecule has 124 valence electrons. The fourth-order valence-corrected chi connectivity index (χ4v) is 4.10. The van der Waals surface area contributed by atoms with Crippen LogP contribution in [0.5, 0.6) is 5.75 Å².